The number of allylic oxidation sites excluding steroid dienone is 1. The zero-order valence-corrected chi connectivity index (χ0v) is 7.22. The van der Waals surface area contributed by atoms with E-state index in [1.165, 1.54) is 0 Å². The largest absolute Gasteiger partial charge is 0.379 e. The fraction of sp³-hybridized carbons (Fsp3) is 0.182. The van der Waals surface area contributed by atoms with Crippen LogP contribution in [-0.4, -0.2) is 17.9 Å². The molecular formula is C11H11NO. The molecule has 1 atom stereocenters. The second kappa shape index (κ2) is 3.15. The maximum Gasteiger partial charge on any atom is 0.127 e. The minimum absolute atomic E-state index is 0.410. The average Bonchev–Trinajstić information content (AvgIpc) is 2.20. The summed E-state index contributed by atoms with van der Waals surface area (Å²) in [6.45, 7) is 0.410. The van der Waals surface area contributed by atoms with E-state index < -0.39 is 5.60 Å². The number of hydrogen-bond acceptors (Lipinski definition) is 2. The summed E-state index contributed by atoms with van der Waals surface area (Å²) in [4.78, 5) is 4.04. The molecule has 66 valence electrons. The Kier molecular flexibility index (Phi) is 1.99. The first kappa shape index (κ1) is 8.20. The number of nitrogens with zero attached hydrogens (tertiary/aromatic N) is 1. The van der Waals surface area contributed by atoms with Crippen LogP contribution in [0.3, 0.4) is 0 Å². The van der Waals surface area contributed by atoms with Crippen molar-refractivity contribution in [3.8, 4) is 0 Å². The molecule has 0 amide bonds. The Morgan fingerprint density at radius 1 is 1.23 bits per heavy atom. The van der Waals surface area contributed by atoms with Crippen LogP contribution in [0.25, 0.3) is 0 Å². The van der Waals surface area contributed by atoms with Crippen molar-refractivity contribution in [1.29, 1.82) is 0 Å². The lowest BCUT2D eigenvalue weighted by Gasteiger charge is -2.24. The van der Waals surface area contributed by atoms with E-state index in [4.69, 9.17) is 0 Å². The molecule has 1 N–H and O–H groups in total. The van der Waals surface area contributed by atoms with Gasteiger partial charge in [-0.15, -0.1) is 0 Å². The number of aliphatic imine (C=N–C) groups is 1. The Hall–Kier alpha value is -1.41. The number of hydrogen-bond donors (Lipinski definition) is 1. The van der Waals surface area contributed by atoms with Gasteiger partial charge in [0, 0.05) is 6.21 Å². The molecule has 2 rings (SSSR count). The first-order chi connectivity index (χ1) is 6.31. The Balaban J connectivity index is 2.35. The number of benzene rings is 1. The molecule has 0 spiro atoms. The molecule has 0 fully saturated rings. The fourth-order valence-corrected chi connectivity index (χ4v) is 1.42. The van der Waals surface area contributed by atoms with E-state index >= 15 is 0 Å². The third kappa shape index (κ3) is 1.53. The van der Waals surface area contributed by atoms with Gasteiger partial charge in [0.1, 0.15) is 5.60 Å². The monoisotopic (exact) mass is 173 g/mol. The molecule has 1 heterocycles. The normalized spacial score (nSPS) is 26.2. The molecule has 1 aromatic carbocycles. The van der Waals surface area contributed by atoms with Gasteiger partial charge >= 0.3 is 0 Å². The van der Waals surface area contributed by atoms with E-state index in [1.54, 1.807) is 18.4 Å². The number of aliphatic hydroxyl groups is 1. The Morgan fingerprint density at radius 2 is 2.00 bits per heavy atom. The highest BCUT2D eigenvalue weighted by atomic mass is 16.3. The van der Waals surface area contributed by atoms with Crippen LogP contribution >= 0.6 is 0 Å². The molecule has 1 unspecified atom stereocenters. The molecule has 1 aliphatic rings. The summed E-state index contributed by atoms with van der Waals surface area (Å²) in [5, 5.41) is 10.1. The third-order valence-corrected chi connectivity index (χ3v) is 2.17. The van der Waals surface area contributed by atoms with Gasteiger partial charge in [-0.3, -0.25) is 4.99 Å². The molecule has 2 heteroatoms. The van der Waals surface area contributed by atoms with E-state index in [2.05, 4.69) is 4.99 Å². The highest BCUT2D eigenvalue weighted by Crippen LogP contribution is 2.24. The average molecular weight is 173 g/mol. The number of dihydropyridines is 1. The second-order valence-electron chi connectivity index (χ2n) is 3.14. The Morgan fingerprint density at radius 3 is 2.62 bits per heavy atom. The third-order valence-electron chi connectivity index (χ3n) is 2.17. The molecule has 13 heavy (non-hydrogen) atoms. The summed E-state index contributed by atoms with van der Waals surface area (Å²) in [7, 11) is 0. The molecule has 0 aliphatic carbocycles. The topological polar surface area (TPSA) is 32.6 Å². The van der Waals surface area contributed by atoms with Crippen LogP contribution in [0.2, 0.25) is 0 Å². The lowest BCUT2D eigenvalue weighted by Crippen LogP contribution is -2.28. The molecule has 2 nitrogen and oxygen atoms in total. The molecular weight excluding hydrogens is 162 g/mol. The van der Waals surface area contributed by atoms with E-state index in [1.807, 2.05) is 30.3 Å². The zero-order chi connectivity index (χ0) is 9.15. The van der Waals surface area contributed by atoms with Gasteiger partial charge in [0.25, 0.3) is 0 Å². The van der Waals surface area contributed by atoms with Crippen molar-refractivity contribution in [2.24, 2.45) is 4.99 Å². The summed E-state index contributed by atoms with van der Waals surface area (Å²) >= 11 is 0. The molecule has 0 saturated carbocycles. The number of rotatable bonds is 1. The molecule has 0 saturated heterocycles. The lowest BCUT2D eigenvalue weighted by molar-refractivity contribution is 0.0986. The minimum Gasteiger partial charge on any atom is -0.379 e. The van der Waals surface area contributed by atoms with Crippen LogP contribution in [0.15, 0.2) is 47.5 Å². The first-order valence-corrected chi connectivity index (χ1v) is 4.27. The Bertz CT molecular complexity index is 342. The van der Waals surface area contributed by atoms with Crippen molar-refractivity contribution in [3.05, 3.63) is 48.0 Å². The molecule has 0 aromatic heterocycles. The highest BCUT2D eigenvalue weighted by Gasteiger charge is 2.26. The van der Waals surface area contributed by atoms with Crippen molar-refractivity contribution in [2.75, 3.05) is 6.54 Å². The van der Waals surface area contributed by atoms with E-state index in [0.717, 1.165) is 5.56 Å². The van der Waals surface area contributed by atoms with Gasteiger partial charge in [0.2, 0.25) is 0 Å². The minimum atomic E-state index is -0.907. The van der Waals surface area contributed by atoms with Gasteiger partial charge in [0.05, 0.1) is 6.54 Å². The maximum absolute atomic E-state index is 10.1. The SMILES string of the molecule is OC1(c2ccccc2)C=CC=NC1. The van der Waals surface area contributed by atoms with Crippen LogP contribution in [0.1, 0.15) is 5.56 Å². The summed E-state index contributed by atoms with van der Waals surface area (Å²) in [6.07, 6.45) is 5.25. The van der Waals surface area contributed by atoms with Crippen LogP contribution < -0.4 is 0 Å². The Labute approximate surface area is 77.3 Å². The van der Waals surface area contributed by atoms with Gasteiger partial charge in [-0.05, 0) is 17.7 Å². The first-order valence-electron chi connectivity index (χ1n) is 4.27. The van der Waals surface area contributed by atoms with Gasteiger partial charge in [-0.2, -0.15) is 0 Å². The molecule has 0 bridgehead atoms. The lowest BCUT2D eigenvalue weighted by atomic mass is 9.92. The molecule has 0 radical (unpaired) electrons. The molecule has 1 aromatic rings. The second-order valence-corrected chi connectivity index (χ2v) is 3.14. The van der Waals surface area contributed by atoms with Crippen molar-refractivity contribution < 1.29 is 5.11 Å². The molecule has 1 aliphatic heterocycles. The van der Waals surface area contributed by atoms with Gasteiger partial charge in [0.15, 0.2) is 0 Å². The summed E-state index contributed by atoms with van der Waals surface area (Å²) in [5.41, 5.74) is -0.0150. The highest BCUT2D eigenvalue weighted by molar-refractivity contribution is 5.72. The zero-order valence-electron chi connectivity index (χ0n) is 7.22. The van der Waals surface area contributed by atoms with Gasteiger partial charge in [-0.25, -0.2) is 0 Å². The summed E-state index contributed by atoms with van der Waals surface area (Å²) in [6, 6.07) is 9.58. The summed E-state index contributed by atoms with van der Waals surface area (Å²) < 4.78 is 0. The van der Waals surface area contributed by atoms with E-state index in [0.29, 0.717) is 6.54 Å². The van der Waals surface area contributed by atoms with Crippen molar-refractivity contribution in [1.82, 2.24) is 0 Å². The van der Waals surface area contributed by atoms with Crippen LogP contribution in [-0.2, 0) is 5.60 Å². The van der Waals surface area contributed by atoms with Gasteiger partial charge in [-0.1, -0.05) is 30.3 Å². The van der Waals surface area contributed by atoms with Crippen LogP contribution in [0.5, 0.6) is 0 Å². The van der Waals surface area contributed by atoms with Crippen molar-refractivity contribution >= 4 is 6.21 Å². The van der Waals surface area contributed by atoms with Crippen molar-refractivity contribution in [2.45, 2.75) is 5.60 Å². The fourth-order valence-electron chi connectivity index (χ4n) is 1.42. The van der Waals surface area contributed by atoms with Crippen molar-refractivity contribution in [3.63, 3.8) is 0 Å². The summed E-state index contributed by atoms with van der Waals surface area (Å²) in [5.74, 6) is 0. The predicted molar refractivity (Wildman–Crippen MR) is 52.8 cm³/mol. The van der Waals surface area contributed by atoms with E-state index in [-0.39, 0.29) is 0 Å². The standard InChI is InChI=1S/C11H11NO/c13-11(7-4-8-12-9-11)10-5-2-1-3-6-10/h1-8,13H,9H2. The smallest absolute Gasteiger partial charge is 0.127 e. The van der Waals surface area contributed by atoms with Gasteiger partial charge < -0.3 is 5.11 Å². The predicted octanol–water partition coefficient (Wildman–Crippen LogP) is 1.51. The van der Waals surface area contributed by atoms with Crippen LogP contribution in [0, 0.1) is 0 Å². The maximum atomic E-state index is 10.1. The van der Waals surface area contributed by atoms with E-state index in [9.17, 15) is 5.11 Å². The quantitative estimate of drug-likeness (QED) is 0.686. The van der Waals surface area contributed by atoms with Crippen LogP contribution in [0.4, 0.5) is 0 Å².